The Kier molecular flexibility index (Phi) is 5.36. The molecular formula is C18H12Cl2N2O4S. The van der Waals surface area contributed by atoms with E-state index >= 15 is 0 Å². The molecule has 0 unspecified atom stereocenters. The number of halogens is 2. The number of nitrogens with one attached hydrogen (secondary N) is 1. The number of benzene rings is 2. The molecule has 138 valence electrons. The molecule has 0 spiro atoms. The zero-order valence-corrected chi connectivity index (χ0v) is 16.2. The summed E-state index contributed by atoms with van der Waals surface area (Å²) >= 11 is 17.2. The van der Waals surface area contributed by atoms with E-state index < -0.39 is 11.8 Å². The number of nitrogens with zero attached hydrogens (tertiary/aromatic N) is 1. The summed E-state index contributed by atoms with van der Waals surface area (Å²) < 4.78 is 5.04. The number of rotatable bonds is 3. The lowest BCUT2D eigenvalue weighted by molar-refractivity contribution is -0.122. The molecule has 1 aliphatic heterocycles. The number of anilines is 1. The van der Waals surface area contributed by atoms with Crippen LogP contribution in [-0.2, 0) is 9.59 Å². The topological polar surface area (TPSA) is 78.9 Å². The summed E-state index contributed by atoms with van der Waals surface area (Å²) in [6.07, 6.45) is 1.37. The van der Waals surface area contributed by atoms with Gasteiger partial charge in [-0.3, -0.25) is 19.8 Å². The summed E-state index contributed by atoms with van der Waals surface area (Å²) in [5, 5.41) is 12.7. The van der Waals surface area contributed by atoms with Crippen LogP contribution in [0.15, 0.2) is 42.0 Å². The zero-order valence-electron chi connectivity index (χ0n) is 13.8. The number of hydrogen-bond acceptors (Lipinski definition) is 5. The second-order valence-electron chi connectivity index (χ2n) is 5.48. The van der Waals surface area contributed by atoms with E-state index in [9.17, 15) is 14.7 Å². The molecule has 9 heteroatoms. The predicted octanol–water partition coefficient (Wildman–Crippen LogP) is 3.54. The van der Waals surface area contributed by atoms with Crippen LogP contribution in [0.25, 0.3) is 6.08 Å². The number of phenols is 1. The fourth-order valence-corrected chi connectivity index (χ4v) is 3.26. The molecule has 0 aliphatic carbocycles. The van der Waals surface area contributed by atoms with Crippen LogP contribution < -0.4 is 15.0 Å². The first-order chi connectivity index (χ1) is 12.8. The normalized spacial score (nSPS) is 15.9. The quantitative estimate of drug-likeness (QED) is 0.449. The SMILES string of the molecule is COc1cc(/C=C2\C(=O)NC(=S)N(c3ccc(Cl)cc3Cl)C2=O)ccc1O. The molecule has 0 aromatic heterocycles. The second kappa shape index (κ2) is 7.56. The van der Waals surface area contributed by atoms with Crippen molar-refractivity contribution in [2.24, 2.45) is 0 Å². The first kappa shape index (κ1) is 19.2. The molecular weight excluding hydrogens is 411 g/mol. The molecule has 1 heterocycles. The molecule has 6 nitrogen and oxygen atoms in total. The molecule has 2 N–H and O–H groups in total. The highest BCUT2D eigenvalue weighted by molar-refractivity contribution is 7.80. The molecule has 2 aromatic carbocycles. The van der Waals surface area contributed by atoms with Gasteiger partial charge in [0.05, 0.1) is 17.8 Å². The van der Waals surface area contributed by atoms with Crippen LogP contribution in [0, 0.1) is 0 Å². The lowest BCUT2D eigenvalue weighted by Crippen LogP contribution is -2.54. The van der Waals surface area contributed by atoms with Crippen LogP contribution in [-0.4, -0.2) is 29.1 Å². The minimum Gasteiger partial charge on any atom is -0.504 e. The lowest BCUT2D eigenvalue weighted by atomic mass is 10.1. The maximum atomic E-state index is 12.9. The maximum absolute atomic E-state index is 12.9. The summed E-state index contributed by atoms with van der Waals surface area (Å²) in [4.78, 5) is 26.4. The van der Waals surface area contributed by atoms with Gasteiger partial charge in [-0.05, 0) is 54.2 Å². The first-order valence-corrected chi connectivity index (χ1v) is 8.71. The summed E-state index contributed by atoms with van der Waals surface area (Å²) in [5.74, 6) is -1.13. The molecule has 0 saturated carbocycles. The van der Waals surface area contributed by atoms with E-state index in [0.29, 0.717) is 16.3 Å². The molecule has 1 aliphatic rings. The van der Waals surface area contributed by atoms with Gasteiger partial charge >= 0.3 is 0 Å². The summed E-state index contributed by atoms with van der Waals surface area (Å²) in [7, 11) is 1.40. The third-order valence-corrected chi connectivity index (χ3v) is 4.59. The van der Waals surface area contributed by atoms with Crippen molar-refractivity contribution < 1.29 is 19.4 Å². The van der Waals surface area contributed by atoms with Crippen molar-refractivity contribution >= 4 is 64.1 Å². The van der Waals surface area contributed by atoms with Gasteiger partial charge in [0.25, 0.3) is 11.8 Å². The Morgan fingerprint density at radius 1 is 1.19 bits per heavy atom. The zero-order chi connectivity index (χ0) is 19.7. The van der Waals surface area contributed by atoms with Crippen molar-refractivity contribution in [3.8, 4) is 11.5 Å². The van der Waals surface area contributed by atoms with Crippen LogP contribution in [0.1, 0.15) is 5.56 Å². The van der Waals surface area contributed by atoms with Crippen LogP contribution in [0.3, 0.4) is 0 Å². The number of methoxy groups -OCH3 is 1. The molecule has 1 fully saturated rings. The number of carbonyl (C=O) groups excluding carboxylic acids is 2. The van der Waals surface area contributed by atoms with Gasteiger partial charge < -0.3 is 9.84 Å². The van der Waals surface area contributed by atoms with E-state index in [1.165, 1.54) is 43.5 Å². The monoisotopic (exact) mass is 422 g/mol. The van der Waals surface area contributed by atoms with Gasteiger partial charge in [0, 0.05) is 5.02 Å². The smallest absolute Gasteiger partial charge is 0.270 e. The molecule has 3 rings (SSSR count). The molecule has 27 heavy (non-hydrogen) atoms. The Morgan fingerprint density at radius 3 is 2.59 bits per heavy atom. The van der Waals surface area contributed by atoms with E-state index in [4.69, 9.17) is 40.2 Å². The third kappa shape index (κ3) is 3.75. The average Bonchev–Trinajstić information content (AvgIpc) is 2.61. The number of thiocarbonyl (C=S) groups is 1. The van der Waals surface area contributed by atoms with Gasteiger partial charge in [-0.1, -0.05) is 29.3 Å². The molecule has 2 amide bonds. The van der Waals surface area contributed by atoms with Gasteiger partial charge in [-0.25, -0.2) is 0 Å². The molecule has 2 aromatic rings. The maximum Gasteiger partial charge on any atom is 0.270 e. The summed E-state index contributed by atoms with van der Waals surface area (Å²) in [6, 6.07) is 9.00. The van der Waals surface area contributed by atoms with E-state index in [0.717, 1.165) is 4.90 Å². The summed E-state index contributed by atoms with van der Waals surface area (Å²) in [5.41, 5.74) is 0.630. The highest BCUT2D eigenvalue weighted by Crippen LogP contribution is 2.32. The van der Waals surface area contributed by atoms with E-state index in [1.807, 2.05) is 0 Å². The Morgan fingerprint density at radius 2 is 1.93 bits per heavy atom. The number of amides is 2. The van der Waals surface area contributed by atoms with Gasteiger partial charge in [0.1, 0.15) is 5.57 Å². The number of aromatic hydroxyl groups is 1. The highest BCUT2D eigenvalue weighted by Gasteiger charge is 2.35. The Labute approximate surface area is 169 Å². The fraction of sp³-hybridized carbons (Fsp3) is 0.0556. The molecule has 1 saturated heterocycles. The van der Waals surface area contributed by atoms with Crippen LogP contribution in [0.2, 0.25) is 10.0 Å². The van der Waals surface area contributed by atoms with Crippen molar-refractivity contribution in [2.75, 3.05) is 12.0 Å². The number of hydrogen-bond donors (Lipinski definition) is 2. The minimum atomic E-state index is -0.640. The van der Waals surface area contributed by atoms with Crippen molar-refractivity contribution in [2.45, 2.75) is 0 Å². The Bertz CT molecular complexity index is 1010. The summed E-state index contributed by atoms with van der Waals surface area (Å²) in [6.45, 7) is 0. The van der Waals surface area contributed by atoms with E-state index in [2.05, 4.69) is 5.32 Å². The van der Waals surface area contributed by atoms with E-state index in [-0.39, 0.29) is 27.2 Å². The predicted molar refractivity (Wildman–Crippen MR) is 107 cm³/mol. The molecule has 0 radical (unpaired) electrons. The fourth-order valence-electron chi connectivity index (χ4n) is 2.49. The van der Waals surface area contributed by atoms with Crippen LogP contribution in [0.5, 0.6) is 11.5 Å². The minimum absolute atomic E-state index is 0.0603. The van der Waals surface area contributed by atoms with Crippen molar-refractivity contribution in [3.05, 3.63) is 57.6 Å². The van der Waals surface area contributed by atoms with Crippen molar-refractivity contribution in [3.63, 3.8) is 0 Å². The second-order valence-corrected chi connectivity index (χ2v) is 6.72. The van der Waals surface area contributed by atoms with Crippen molar-refractivity contribution in [1.29, 1.82) is 0 Å². The Balaban J connectivity index is 2.04. The molecule has 0 atom stereocenters. The lowest BCUT2D eigenvalue weighted by Gasteiger charge is -2.29. The van der Waals surface area contributed by atoms with E-state index in [1.54, 1.807) is 6.07 Å². The third-order valence-electron chi connectivity index (χ3n) is 3.77. The standard InChI is InChI=1S/C18H12Cl2N2O4S/c1-26-15-7-9(2-5-14(15)23)6-11-16(24)21-18(27)22(17(11)25)13-4-3-10(19)8-12(13)20/h2-8,23H,1H3,(H,21,24,27)/b11-6+. The highest BCUT2D eigenvalue weighted by atomic mass is 35.5. The molecule has 0 bridgehead atoms. The van der Waals surface area contributed by atoms with Crippen molar-refractivity contribution in [1.82, 2.24) is 5.32 Å². The Hall–Kier alpha value is -2.61. The largest absolute Gasteiger partial charge is 0.504 e. The van der Waals surface area contributed by atoms with Gasteiger partial charge in [0.2, 0.25) is 0 Å². The average molecular weight is 423 g/mol. The number of phenolic OH excluding ortho intramolecular Hbond substituents is 1. The van der Waals surface area contributed by atoms with Gasteiger partial charge in [-0.15, -0.1) is 0 Å². The van der Waals surface area contributed by atoms with Gasteiger partial charge in [0.15, 0.2) is 16.6 Å². The van der Waals surface area contributed by atoms with Crippen LogP contribution >= 0.6 is 35.4 Å². The first-order valence-electron chi connectivity index (χ1n) is 7.55. The number of ether oxygens (including phenoxy) is 1. The van der Waals surface area contributed by atoms with Crippen LogP contribution in [0.4, 0.5) is 5.69 Å². The van der Waals surface area contributed by atoms with Gasteiger partial charge in [-0.2, -0.15) is 0 Å². The number of carbonyl (C=O) groups is 2.